The fourth-order valence-electron chi connectivity index (χ4n) is 1.65. The number of carbonyl (C=O) groups is 2. The summed E-state index contributed by atoms with van der Waals surface area (Å²) in [5.41, 5.74) is 0. The molecular weight excluding hydrogens is 360 g/mol. The van der Waals surface area contributed by atoms with E-state index in [1.165, 1.54) is 0 Å². The summed E-state index contributed by atoms with van der Waals surface area (Å²) in [6, 6.07) is 0. The molecule has 0 saturated carbocycles. The zero-order chi connectivity index (χ0) is 18.8. The molecule has 0 aliphatic carbocycles. The van der Waals surface area contributed by atoms with Gasteiger partial charge in [-0.15, -0.1) is 0 Å². The number of amides is 2. The molecule has 0 fully saturated rings. The Balaban J connectivity index is 3.23. The summed E-state index contributed by atoms with van der Waals surface area (Å²) in [5.74, 6) is 3.74. The number of hydrogen-bond acceptors (Lipinski definition) is 6. The lowest BCUT2D eigenvalue weighted by Gasteiger charge is -2.08. The van der Waals surface area contributed by atoms with Gasteiger partial charge in [-0.3, -0.25) is 9.59 Å². The van der Waals surface area contributed by atoms with E-state index in [0.717, 1.165) is 17.9 Å². The molecule has 0 aromatic carbocycles. The van der Waals surface area contributed by atoms with Gasteiger partial charge in [-0.2, -0.15) is 23.5 Å². The number of nitrogens with one attached hydrogen (secondary N) is 2. The molecule has 148 valence electrons. The van der Waals surface area contributed by atoms with Crippen LogP contribution >= 0.6 is 23.5 Å². The number of rotatable bonds is 17. The molecule has 0 saturated heterocycles. The Morgan fingerprint density at radius 3 is 1.88 bits per heavy atom. The SMILES string of the molecule is CCCSCC(=O)NCCOCCOCCNC(=O)CSCC(C)C. The molecule has 2 N–H and O–H groups in total. The third-order valence-corrected chi connectivity index (χ3v) is 5.31. The predicted molar refractivity (Wildman–Crippen MR) is 107 cm³/mol. The molecule has 0 spiro atoms. The fourth-order valence-corrected chi connectivity index (χ4v) is 3.24. The number of hydrogen-bond donors (Lipinski definition) is 2. The van der Waals surface area contributed by atoms with Crippen LogP contribution in [0.2, 0.25) is 0 Å². The quantitative estimate of drug-likeness (QED) is 0.366. The summed E-state index contributed by atoms with van der Waals surface area (Å²) in [4.78, 5) is 23.0. The van der Waals surface area contributed by atoms with E-state index in [0.29, 0.717) is 56.9 Å². The molecule has 0 aromatic heterocycles. The van der Waals surface area contributed by atoms with Crippen LogP contribution in [0, 0.1) is 5.92 Å². The first-order chi connectivity index (χ1) is 12.1. The molecule has 0 bridgehead atoms. The molecule has 0 aromatic rings. The van der Waals surface area contributed by atoms with Crippen LogP contribution in [0.3, 0.4) is 0 Å². The molecule has 0 aliphatic rings. The Morgan fingerprint density at radius 2 is 1.40 bits per heavy atom. The average Bonchev–Trinajstić information content (AvgIpc) is 2.56. The first kappa shape index (κ1) is 24.6. The third-order valence-electron chi connectivity index (χ3n) is 2.78. The van der Waals surface area contributed by atoms with Gasteiger partial charge in [0.2, 0.25) is 11.8 Å². The van der Waals surface area contributed by atoms with E-state index in [4.69, 9.17) is 9.47 Å². The minimum absolute atomic E-state index is 0.0540. The van der Waals surface area contributed by atoms with Crippen molar-refractivity contribution < 1.29 is 19.1 Å². The van der Waals surface area contributed by atoms with Gasteiger partial charge in [0, 0.05) is 13.1 Å². The summed E-state index contributed by atoms with van der Waals surface area (Å²) < 4.78 is 10.8. The maximum atomic E-state index is 11.5. The fraction of sp³-hybridized carbons (Fsp3) is 0.882. The number of thioether (sulfide) groups is 2. The van der Waals surface area contributed by atoms with Crippen LogP contribution < -0.4 is 10.6 Å². The van der Waals surface area contributed by atoms with Crippen LogP contribution in [-0.4, -0.2) is 74.3 Å². The average molecular weight is 395 g/mol. The second kappa shape index (κ2) is 18.4. The van der Waals surface area contributed by atoms with Gasteiger partial charge in [0.05, 0.1) is 37.9 Å². The molecule has 0 aliphatic heterocycles. The van der Waals surface area contributed by atoms with Gasteiger partial charge < -0.3 is 20.1 Å². The van der Waals surface area contributed by atoms with Crippen LogP contribution in [0.15, 0.2) is 0 Å². The maximum Gasteiger partial charge on any atom is 0.230 e. The second-order valence-electron chi connectivity index (χ2n) is 5.89. The van der Waals surface area contributed by atoms with Crippen molar-refractivity contribution in [3.8, 4) is 0 Å². The number of carbonyl (C=O) groups excluding carboxylic acids is 2. The highest BCUT2D eigenvalue weighted by molar-refractivity contribution is 8.00. The van der Waals surface area contributed by atoms with Gasteiger partial charge in [0.15, 0.2) is 0 Å². The molecule has 6 nitrogen and oxygen atoms in total. The maximum absolute atomic E-state index is 11.5. The Morgan fingerprint density at radius 1 is 0.880 bits per heavy atom. The Kier molecular flexibility index (Phi) is 18.0. The van der Waals surface area contributed by atoms with E-state index >= 15 is 0 Å². The van der Waals surface area contributed by atoms with Crippen molar-refractivity contribution in [3.63, 3.8) is 0 Å². The van der Waals surface area contributed by atoms with Crippen LogP contribution in [0.25, 0.3) is 0 Å². The predicted octanol–water partition coefficient (Wildman–Crippen LogP) is 1.78. The Bertz CT molecular complexity index is 345. The minimum atomic E-state index is 0.0540. The second-order valence-corrected chi connectivity index (χ2v) is 8.02. The molecular formula is C17H34N2O4S2. The Labute approximate surface area is 160 Å². The van der Waals surface area contributed by atoms with E-state index < -0.39 is 0 Å². The van der Waals surface area contributed by atoms with Crippen molar-refractivity contribution in [2.75, 3.05) is 62.5 Å². The highest BCUT2D eigenvalue weighted by Gasteiger charge is 2.02. The van der Waals surface area contributed by atoms with E-state index in [2.05, 4.69) is 31.4 Å². The van der Waals surface area contributed by atoms with Gasteiger partial charge in [0.1, 0.15) is 0 Å². The lowest BCUT2D eigenvalue weighted by molar-refractivity contribution is -0.119. The molecule has 0 atom stereocenters. The van der Waals surface area contributed by atoms with Crippen LogP contribution in [0.5, 0.6) is 0 Å². The topological polar surface area (TPSA) is 76.7 Å². The molecule has 0 heterocycles. The van der Waals surface area contributed by atoms with Gasteiger partial charge in [-0.25, -0.2) is 0 Å². The van der Waals surface area contributed by atoms with Crippen molar-refractivity contribution in [1.82, 2.24) is 10.6 Å². The lowest BCUT2D eigenvalue weighted by Crippen LogP contribution is -2.30. The monoisotopic (exact) mass is 394 g/mol. The van der Waals surface area contributed by atoms with Crippen molar-refractivity contribution in [2.24, 2.45) is 5.92 Å². The third kappa shape index (κ3) is 19.7. The van der Waals surface area contributed by atoms with Crippen molar-refractivity contribution in [3.05, 3.63) is 0 Å². The molecule has 25 heavy (non-hydrogen) atoms. The zero-order valence-electron chi connectivity index (χ0n) is 15.8. The zero-order valence-corrected chi connectivity index (χ0v) is 17.4. The minimum Gasteiger partial charge on any atom is -0.377 e. The summed E-state index contributed by atoms with van der Waals surface area (Å²) in [6.45, 7) is 9.36. The summed E-state index contributed by atoms with van der Waals surface area (Å²) in [7, 11) is 0. The summed E-state index contributed by atoms with van der Waals surface area (Å²) in [5, 5.41) is 5.64. The first-order valence-electron chi connectivity index (χ1n) is 8.90. The van der Waals surface area contributed by atoms with Gasteiger partial charge in [-0.05, 0) is 23.8 Å². The first-order valence-corrected chi connectivity index (χ1v) is 11.2. The van der Waals surface area contributed by atoms with Crippen molar-refractivity contribution >= 4 is 35.3 Å². The van der Waals surface area contributed by atoms with E-state index in [-0.39, 0.29) is 11.8 Å². The summed E-state index contributed by atoms with van der Waals surface area (Å²) >= 11 is 3.30. The van der Waals surface area contributed by atoms with Crippen LogP contribution in [-0.2, 0) is 19.1 Å². The highest BCUT2D eigenvalue weighted by Crippen LogP contribution is 2.06. The standard InChI is InChI=1S/C17H34N2O4S2/c1-4-11-24-13-16(20)18-5-7-22-9-10-23-8-6-19-17(21)14-25-12-15(2)3/h15H,4-14H2,1-3H3,(H,18,20)(H,19,21). The molecule has 0 unspecified atom stereocenters. The molecule has 0 rings (SSSR count). The summed E-state index contributed by atoms with van der Waals surface area (Å²) in [6.07, 6.45) is 1.09. The Hall–Kier alpha value is -0.440. The largest absolute Gasteiger partial charge is 0.377 e. The van der Waals surface area contributed by atoms with Gasteiger partial charge in [0.25, 0.3) is 0 Å². The smallest absolute Gasteiger partial charge is 0.230 e. The van der Waals surface area contributed by atoms with Crippen molar-refractivity contribution in [1.29, 1.82) is 0 Å². The molecule has 8 heteroatoms. The highest BCUT2D eigenvalue weighted by atomic mass is 32.2. The molecule has 2 amide bonds. The van der Waals surface area contributed by atoms with Crippen molar-refractivity contribution in [2.45, 2.75) is 27.2 Å². The van der Waals surface area contributed by atoms with Gasteiger partial charge in [-0.1, -0.05) is 20.8 Å². The van der Waals surface area contributed by atoms with E-state index in [9.17, 15) is 9.59 Å². The van der Waals surface area contributed by atoms with E-state index in [1.54, 1.807) is 23.5 Å². The van der Waals surface area contributed by atoms with Crippen LogP contribution in [0.4, 0.5) is 0 Å². The lowest BCUT2D eigenvalue weighted by atomic mass is 10.3. The normalized spacial score (nSPS) is 10.9. The molecule has 0 radical (unpaired) electrons. The van der Waals surface area contributed by atoms with Gasteiger partial charge >= 0.3 is 0 Å². The number of ether oxygens (including phenoxy) is 2. The van der Waals surface area contributed by atoms with E-state index in [1.807, 2.05) is 0 Å². The van der Waals surface area contributed by atoms with Crippen LogP contribution in [0.1, 0.15) is 27.2 Å².